The maximum Gasteiger partial charge on any atom is 3.00 e. The van der Waals surface area contributed by atoms with Crippen molar-refractivity contribution in [3.8, 4) is 29.1 Å². The molecule has 0 fully saturated rings. The van der Waals surface area contributed by atoms with Crippen LogP contribution < -0.4 is 0 Å². The molecule has 3 nitrogen and oxygen atoms in total. The van der Waals surface area contributed by atoms with E-state index in [0.29, 0.717) is 5.56 Å². The van der Waals surface area contributed by atoms with Crippen LogP contribution in [0.25, 0.3) is 0 Å². The van der Waals surface area contributed by atoms with E-state index in [9.17, 15) is 16.8 Å². The minimum absolute atomic E-state index is 0. The monoisotopic (exact) mass is 570 g/mol. The molecule has 35 heavy (non-hydrogen) atoms. The van der Waals surface area contributed by atoms with Crippen LogP contribution in [0.5, 0.6) is 0 Å². The summed E-state index contributed by atoms with van der Waals surface area (Å²) >= 11 is 0. The molecule has 11 heteroatoms. The Labute approximate surface area is 214 Å². The Morgan fingerprint density at radius 1 is 0.657 bits per heavy atom. The maximum absolute atomic E-state index is 13.2. The van der Waals surface area contributed by atoms with Crippen LogP contribution in [0.1, 0.15) is 5.56 Å². The van der Waals surface area contributed by atoms with Gasteiger partial charge in [-0.15, -0.1) is 21.3 Å². The van der Waals surface area contributed by atoms with Crippen LogP contribution in [-0.4, -0.2) is 0 Å². The zero-order valence-corrected chi connectivity index (χ0v) is 21.5. The van der Waals surface area contributed by atoms with Gasteiger partial charge in [0.1, 0.15) is 0 Å². The van der Waals surface area contributed by atoms with Crippen molar-refractivity contribution in [2.24, 2.45) is 13.5 Å². The van der Waals surface area contributed by atoms with Gasteiger partial charge in [-0.05, 0) is 29.6 Å². The van der Waals surface area contributed by atoms with E-state index in [2.05, 4.69) is 49.1 Å². The Balaban J connectivity index is 0.000000382. The van der Waals surface area contributed by atoms with E-state index in [1.165, 1.54) is 0 Å². The van der Waals surface area contributed by atoms with E-state index in [4.69, 9.17) is 6.42 Å². The van der Waals surface area contributed by atoms with Gasteiger partial charge in [-0.2, -0.15) is 81.8 Å². The van der Waals surface area contributed by atoms with Gasteiger partial charge in [-0.25, -0.2) is 0 Å². The van der Waals surface area contributed by atoms with Crippen LogP contribution in [0.3, 0.4) is 0 Å². The fraction of sp³-hybridized carbons (Fsp3) is 0. The van der Waals surface area contributed by atoms with E-state index < -0.39 is 22.9 Å². The van der Waals surface area contributed by atoms with E-state index in [1.807, 2.05) is 60.7 Å². The summed E-state index contributed by atoms with van der Waals surface area (Å²) in [6, 6.07) is 33.6. The van der Waals surface area contributed by atoms with Gasteiger partial charge in [0, 0.05) is 5.56 Å². The van der Waals surface area contributed by atoms with E-state index in [-0.39, 0.29) is 17.1 Å². The molecule has 0 saturated carbocycles. The van der Waals surface area contributed by atoms with Crippen molar-refractivity contribution in [3.05, 3.63) is 115 Å². The molecule has 0 N–H and O–H groups in total. The summed E-state index contributed by atoms with van der Waals surface area (Å²) in [5.74, 6) is 7.12. The Morgan fingerprint density at radius 3 is 1.54 bits per heavy atom. The van der Waals surface area contributed by atoms with Crippen LogP contribution in [0, 0.1) is 47.6 Å². The van der Waals surface area contributed by atoms with E-state index >= 15 is 0 Å². The number of benzene rings is 3. The average molecular weight is 570 g/mol. The molecule has 1 heterocycles. The van der Waals surface area contributed by atoms with Crippen molar-refractivity contribution in [2.45, 2.75) is 0 Å². The third-order valence-electron chi connectivity index (χ3n) is 3.31. The van der Waals surface area contributed by atoms with Gasteiger partial charge >= 0.3 is 32.7 Å². The van der Waals surface area contributed by atoms with Gasteiger partial charge in [0.25, 0.3) is 0 Å². The maximum atomic E-state index is 13.2. The van der Waals surface area contributed by atoms with Crippen LogP contribution in [0.2, 0.25) is 0 Å². The third kappa shape index (κ3) is 12.5. The van der Waals surface area contributed by atoms with E-state index in [1.54, 1.807) is 36.0 Å². The molecule has 1 unspecified atom stereocenters. The Hall–Kier alpha value is -2.73. The summed E-state index contributed by atoms with van der Waals surface area (Å²) in [5.41, 5.74) is 4.22. The summed E-state index contributed by atoms with van der Waals surface area (Å²) < 4.78 is 60.7. The molecule has 0 aliphatic carbocycles. The first-order valence-electron chi connectivity index (χ1n) is 9.31. The van der Waals surface area contributed by atoms with Crippen LogP contribution in [0.4, 0.5) is 16.8 Å². The van der Waals surface area contributed by atoms with Gasteiger partial charge < -0.3 is 6.42 Å². The van der Waals surface area contributed by atoms with Crippen LogP contribution >= 0.6 is 22.9 Å². The van der Waals surface area contributed by atoms with E-state index in [0.717, 1.165) is 0 Å². The van der Waals surface area contributed by atoms with Gasteiger partial charge in [-0.3, -0.25) is 5.66 Å². The summed E-state index contributed by atoms with van der Waals surface area (Å²) in [6.07, 6.45) is 6.99. The van der Waals surface area contributed by atoms with Gasteiger partial charge in [0.05, 0.1) is 0 Å². The number of nitrogens with zero attached hydrogens (tertiary/aromatic N) is 3. The fourth-order valence-electron chi connectivity index (χ4n) is 2.03. The average Bonchev–Trinajstić information content (AvgIpc) is 2.84. The SMILES string of the molecule is [C-]#CP1(C#CC#Cc2ccccc2)=NP(F)(F)=NP(F)(F)=N1.[Fe+3].[c-]1ccccc1.[c-]1ccccc1. The first kappa shape index (κ1) is 30.3. The van der Waals surface area contributed by atoms with Crippen LogP contribution in [0.15, 0.2) is 105 Å². The minimum atomic E-state index is -5.53. The van der Waals surface area contributed by atoms with Crippen molar-refractivity contribution >= 4 is 22.9 Å². The molecule has 1 aliphatic rings. The van der Waals surface area contributed by atoms with Gasteiger partial charge in [0.15, 0.2) is 7.21 Å². The second kappa shape index (κ2) is 15.3. The molecule has 1 atom stereocenters. The Kier molecular flexibility index (Phi) is 13.2. The molecule has 0 spiro atoms. The topological polar surface area (TPSA) is 37.1 Å². The molecule has 177 valence electrons. The molecule has 0 bridgehead atoms. The fourth-order valence-corrected chi connectivity index (χ4v) is 7.93. The molecule has 0 amide bonds. The predicted molar refractivity (Wildman–Crippen MR) is 131 cm³/mol. The first-order valence-corrected chi connectivity index (χ1v) is 14.0. The van der Waals surface area contributed by atoms with Gasteiger partial charge in [-0.1, -0.05) is 24.1 Å². The minimum Gasteiger partial charge on any atom is -0.685 e. The summed E-state index contributed by atoms with van der Waals surface area (Å²) in [5, 5.41) is 0. The van der Waals surface area contributed by atoms with Crippen LogP contribution in [-0.2, 0) is 17.1 Å². The Morgan fingerprint density at radius 2 is 1.14 bits per heavy atom. The second-order valence-electron chi connectivity index (χ2n) is 5.90. The summed E-state index contributed by atoms with van der Waals surface area (Å²) in [4.78, 5) is 0. The second-order valence-corrected chi connectivity index (χ2v) is 11.5. The van der Waals surface area contributed by atoms with Crippen molar-refractivity contribution in [2.75, 3.05) is 0 Å². The smallest absolute Gasteiger partial charge is 0.685 e. The predicted octanol–water partition coefficient (Wildman–Crippen LogP) is 9.42. The molecule has 4 rings (SSSR count). The largest absolute Gasteiger partial charge is 3.00 e. The number of rotatable bonds is 0. The molecule has 0 aromatic heterocycles. The number of halogens is 4. The third-order valence-corrected chi connectivity index (χ3v) is 9.56. The molecular formula is C24H15F4FeN3P3. The molecule has 1 aliphatic heterocycles. The first-order chi connectivity index (χ1) is 16.3. The summed E-state index contributed by atoms with van der Waals surface area (Å²) in [6.45, 7) is 0. The van der Waals surface area contributed by atoms with Gasteiger partial charge in [0.2, 0.25) is 0 Å². The van der Waals surface area contributed by atoms with Crippen molar-refractivity contribution in [1.82, 2.24) is 0 Å². The van der Waals surface area contributed by atoms with Crippen molar-refractivity contribution < 1.29 is 33.9 Å². The molecule has 1 radical (unpaired) electrons. The number of hydrogen-bond donors (Lipinski definition) is 0. The normalized spacial score (nSPS) is 17.7. The number of hydrogen-bond acceptors (Lipinski definition) is 3. The molecule has 3 aromatic carbocycles. The molecular weight excluding hydrogens is 555 g/mol. The van der Waals surface area contributed by atoms with Crippen molar-refractivity contribution in [1.29, 1.82) is 0 Å². The molecule has 0 saturated heterocycles. The molecule has 3 aromatic rings. The van der Waals surface area contributed by atoms with Crippen molar-refractivity contribution in [3.63, 3.8) is 0 Å². The summed E-state index contributed by atoms with van der Waals surface area (Å²) in [7, 11) is -15.1. The zero-order chi connectivity index (χ0) is 24.8. The zero-order valence-electron chi connectivity index (χ0n) is 17.7. The quantitative estimate of drug-likeness (QED) is 0.0850. The Bertz CT molecular complexity index is 1300. The standard InChI is InChI=1S/C12H5F4N3P3.2C6H5.Fe/c1-2-20(17-21(13,14)19-22(15,16)18-20)11-7-6-10-12-8-4-3-5-9-12;2*1-2-4-6-5-3-1;/h3-5,8-9H;2*1-5H;/q3*-1;+3.